The lowest BCUT2D eigenvalue weighted by Gasteiger charge is -2.12. The molecule has 0 unspecified atom stereocenters. The van der Waals surface area contributed by atoms with Gasteiger partial charge in [0.15, 0.2) is 5.96 Å². The van der Waals surface area contributed by atoms with E-state index in [0.717, 1.165) is 47.5 Å². The van der Waals surface area contributed by atoms with Gasteiger partial charge in [0.05, 0.1) is 19.3 Å². The molecule has 0 bridgehead atoms. The third-order valence-electron chi connectivity index (χ3n) is 4.20. The number of thiazole rings is 1. The summed E-state index contributed by atoms with van der Waals surface area (Å²) in [6, 6.07) is 18.3. The zero-order valence-electron chi connectivity index (χ0n) is 16.3. The average Bonchev–Trinajstić information content (AvgIpc) is 3.22. The predicted molar refractivity (Wildman–Crippen MR) is 117 cm³/mol. The third-order valence-corrected chi connectivity index (χ3v) is 5.14. The first-order chi connectivity index (χ1) is 13.8. The van der Waals surface area contributed by atoms with Crippen molar-refractivity contribution in [3.63, 3.8) is 0 Å². The third kappa shape index (κ3) is 5.57. The van der Waals surface area contributed by atoms with Crippen molar-refractivity contribution < 1.29 is 4.74 Å². The summed E-state index contributed by atoms with van der Waals surface area (Å²) in [4.78, 5) is 9.37. The molecule has 5 nitrogen and oxygen atoms in total. The van der Waals surface area contributed by atoms with E-state index in [1.54, 1.807) is 18.4 Å². The largest absolute Gasteiger partial charge is 0.496 e. The van der Waals surface area contributed by atoms with Crippen LogP contribution in [0.25, 0.3) is 10.6 Å². The van der Waals surface area contributed by atoms with Crippen molar-refractivity contribution in [2.45, 2.75) is 19.9 Å². The van der Waals surface area contributed by atoms with Crippen molar-refractivity contribution in [2.24, 2.45) is 4.99 Å². The van der Waals surface area contributed by atoms with Gasteiger partial charge >= 0.3 is 0 Å². The van der Waals surface area contributed by atoms with Crippen LogP contribution in [0.5, 0.6) is 5.75 Å². The maximum Gasteiger partial charge on any atom is 0.191 e. The highest BCUT2D eigenvalue weighted by atomic mass is 32.1. The van der Waals surface area contributed by atoms with Gasteiger partial charge < -0.3 is 15.4 Å². The molecule has 0 amide bonds. The van der Waals surface area contributed by atoms with Crippen LogP contribution in [0.4, 0.5) is 0 Å². The Morgan fingerprint density at radius 2 is 1.86 bits per heavy atom. The second kappa shape index (κ2) is 10.5. The number of hydrogen-bond acceptors (Lipinski definition) is 4. The Labute approximate surface area is 170 Å². The number of aliphatic imine (C=N–C) groups is 1. The van der Waals surface area contributed by atoms with Gasteiger partial charge in [-0.15, -0.1) is 11.3 Å². The lowest BCUT2D eigenvalue weighted by Crippen LogP contribution is -2.38. The molecular weight excluding hydrogens is 368 g/mol. The van der Waals surface area contributed by atoms with E-state index in [-0.39, 0.29) is 0 Å². The number of ether oxygens (including phenoxy) is 1. The number of methoxy groups -OCH3 is 1. The van der Waals surface area contributed by atoms with E-state index >= 15 is 0 Å². The Bertz CT molecular complexity index is 892. The molecule has 0 saturated carbocycles. The fourth-order valence-corrected chi connectivity index (χ4v) is 3.64. The maximum atomic E-state index is 5.41. The Kier molecular flexibility index (Phi) is 7.44. The normalized spacial score (nSPS) is 11.3. The molecule has 2 aromatic carbocycles. The number of nitrogens with zero attached hydrogens (tertiary/aromatic N) is 2. The van der Waals surface area contributed by atoms with Crippen LogP contribution in [-0.2, 0) is 13.0 Å². The van der Waals surface area contributed by atoms with E-state index in [1.807, 2.05) is 36.4 Å². The first-order valence-corrected chi connectivity index (χ1v) is 10.3. The number of nitrogens with one attached hydrogen (secondary N) is 2. The van der Waals surface area contributed by atoms with Gasteiger partial charge in [0.2, 0.25) is 0 Å². The Hall–Kier alpha value is -2.86. The average molecular weight is 395 g/mol. The summed E-state index contributed by atoms with van der Waals surface area (Å²) >= 11 is 1.65. The molecule has 3 rings (SSSR count). The first-order valence-electron chi connectivity index (χ1n) is 9.44. The van der Waals surface area contributed by atoms with Crippen LogP contribution >= 0.6 is 11.3 Å². The number of aromatic nitrogens is 1. The van der Waals surface area contributed by atoms with Crippen LogP contribution in [-0.4, -0.2) is 31.1 Å². The molecule has 0 radical (unpaired) electrons. The molecule has 3 aromatic rings. The van der Waals surface area contributed by atoms with Crippen LogP contribution in [0.15, 0.2) is 65.0 Å². The summed E-state index contributed by atoms with van der Waals surface area (Å²) < 4.78 is 5.41. The Morgan fingerprint density at radius 3 is 2.64 bits per heavy atom. The Morgan fingerprint density at radius 1 is 1.07 bits per heavy atom. The molecule has 0 aliphatic carbocycles. The van der Waals surface area contributed by atoms with Gasteiger partial charge in [-0.3, -0.25) is 0 Å². The fraction of sp³-hybridized carbons (Fsp3) is 0.273. The standard InChI is InChI=1S/C22H26N4OS/c1-3-23-22(24-14-13-17-9-7-8-12-20(17)27-2)25-15-19-16-28-21(26-19)18-10-5-4-6-11-18/h4-12,16H,3,13-15H2,1-2H3,(H2,23,24,25). The highest BCUT2D eigenvalue weighted by molar-refractivity contribution is 7.13. The minimum Gasteiger partial charge on any atom is -0.496 e. The van der Waals surface area contributed by atoms with Crippen molar-refractivity contribution in [3.8, 4) is 16.3 Å². The summed E-state index contributed by atoms with van der Waals surface area (Å²) in [5.41, 5.74) is 3.30. The summed E-state index contributed by atoms with van der Waals surface area (Å²) in [5.74, 6) is 1.72. The minimum atomic E-state index is 0.549. The minimum absolute atomic E-state index is 0.549. The zero-order chi connectivity index (χ0) is 19.6. The van der Waals surface area contributed by atoms with E-state index in [2.05, 4.69) is 46.1 Å². The molecule has 0 spiro atoms. The van der Waals surface area contributed by atoms with Gasteiger partial charge in [-0.05, 0) is 25.0 Å². The molecule has 0 atom stereocenters. The Balaban J connectivity index is 1.57. The van der Waals surface area contributed by atoms with Crippen LogP contribution in [0.2, 0.25) is 0 Å². The maximum absolute atomic E-state index is 5.41. The van der Waals surface area contributed by atoms with Crippen molar-refractivity contribution in [1.29, 1.82) is 0 Å². The topological polar surface area (TPSA) is 58.5 Å². The van der Waals surface area contributed by atoms with E-state index in [1.165, 1.54) is 5.56 Å². The van der Waals surface area contributed by atoms with E-state index in [0.29, 0.717) is 6.54 Å². The molecule has 146 valence electrons. The first kappa shape index (κ1) is 19.9. The molecule has 0 aliphatic rings. The summed E-state index contributed by atoms with van der Waals surface area (Å²) in [6.07, 6.45) is 0.864. The van der Waals surface area contributed by atoms with Gasteiger partial charge in [0.1, 0.15) is 10.8 Å². The quantitative estimate of drug-likeness (QED) is 0.446. The molecule has 2 N–H and O–H groups in total. The van der Waals surface area contributed by atoms with Gasteiger partial charge in [0, 0.05) is 24.0 Å². The van der Waals surface area contributed by atoms with Gasteiger partial charge in [-0.1, -0.05) is 48.5 Å². The van der Waals surface area contributed by atoms with Crippen LogP contribution < -0.4 is 15.4 Å². The van der Waals surface area contributed by atoms with E-state index in [9.17, 15) is 0 Å². The van der Waals surface area contributed by atoms with Crippen molar-refractivity contribution in [1.82, 2.24) is 15.6 Å². The number of guanidine groups is 1. The van der Waals surface area contributed by atoms with Crippen molar-refractivity contribution in [2.75, 3.05) is 20.2 Å². The highest BCUT2D eigenvalue weighted by Gasteiger charge is 2.05. The molecule has 1 heterocycles. The molecule has 28 heavy (non-hydrogen) atoms. The summed E-state index contributed by atoms with van der Waals surface area (Å²) in [5, 5.41) is 9.78. The molecule has 0 fully saturated rings. The second-order valence-electron chi connectivity index (χ2n) is 6.19. The predicted octanol–water partition coefficient (Wildman–Crippen LogP) is 4.12. The van der Waals surface area contributed by atoms with Gasteiger partial charge in [-0.2, -0.15) is 0 Å². The zero-order valence-corrected chi connectivity index (χ0v) is 17.1. The van der Waals surface area contributed by atoms with Gasteiger partial charge in [0.25, 0.3) is 0 Å². The van der Waals surface area contributed by atoms with Crippen LogP contribution in [0.1, 0.15) is 18.2 Å². The summed E-state index contributed by atoms with van der Waals surface area (Å²) in [6.45, 7) is 4.20. The van der Waals surface area contributed by atoms with Crippen molar-refractivity contribution >= 4 is 17.3 Å². The van der Waals surface area contributed by atoms with Crippen LogP contribution in [0, 0.1) is 0 Å². The molecular formula is C22H26N4OS. The lowest BCUT2D eigenvalue weighted by atomic mass is 10.1. The number of hydrogen-bond donors (Lipinski definition) is 2. The number of benzene rings is 2. The monoisotopic (exact) mass is 394 g/mol. The number of rotatable bonds is 8. The smallest absolute Gasteiger partial charge is 0.191 e. The highest BCUT2D eigenvalue weighted by Crippen LogP contribution is 2.23. The van der Waals surface area contributed by atoms with E-state index in [4.69, 9.17) is 9.72 Å². The molecule has 0 saturated heterocycles. The SMILES string of the molecule is CCNC(=NCc1csc(-c2ccccc2)n1)NCCc1ccccc1OC. The molecule has 6 heteroatoms. The van der Waals surface area contributed by atoms with Gasteiger partial charge in [-0.25, -0.2) is 9.98 Å². The molecule has 0 aliphatic heterocycles. The second-order valence-corrected chi connectivity index (χ2v) is 7.05. The van der Waals surface area contributed by atoms with Crippen LogP contribution in [0.3, 0.4) is 0 Å². The van der Waals surface area contributed by atoms with Crippen molar-refractivity contribution in [3.05, 3.63) is 71.2 Å². The summed E-state index contributed by atoms with van der Waals surface area (Å²) in [7, 11) is 1.70. The number of para-hydroxylation sites is 1. The molecule has 1 aromatic heterocycles. The van der Waals surface area contributed by atoms with E-state index < -0.39 is 0 Å². The fourth-order valence-electron chi connectivity index (χ4n) is 2.82. The lowest BCUT2D eigenvalue weighted by molar-refractivity contribution is 0.409.